The lowest BCUT2D eigenvalue weighted by molar-refractivity contribution is 0.160. The van der Waals surface area contributed by atoms with Gasteiger partial charge in [0.05, 0.1) is 6.21 Å². The van der Waals surface area contributed by atoms with Gasteiger partial charge in [-0.2, -0.15) is 0 Å². The molecule has 0 fully saturated rings. The lowest BCUT2D eigenvalue weighted by Gasteiger charge is -1.87. The molecular weight excluding hydrogens is 114 g/mol. The highest BCUT2D eigenvalue weighted by molar-refractivity contribution is 5.71. The van der Waals surface area contributed by atoms with Crippen molar-refractivity contribution in [2.24, 2.45) is 5.16 Å². The van der Waals surface area contributed by atoms with Crippen LogP contribution in [0, 0.1) is 0 Å². The molecule has 2 nitrogen and oxygen atoms in total. The zero-order chi connectivity index (χ0) is 7.11. The van der Waals surface area contributed by atoms with E-state index in [0.717, 1.165) is 0 Å². The van der Waals surface area contributed by atoms with Gasteiger partial charge in [-0.25, -0.2) is 0 Å². The number of hydrogen-bond acceptors (Lipinski definition) is 2. The van der Waals surface area contributed by atoms with Gasteiger partial charge in [0.15, 0.2) is 0 Å². The minimum atomic E-state index is 0.632. The Bertz CT molecular complexity index is 112. The van der Waals surface area contributed by atoms with Crippen LogP contribution < -0.4 is 0 Å². The van der Waals surface area contributed by atoms with Crippen molar-refractivity contribution < 1.29 is 4.84 Å². The van der Waals surface area contributed by atoms with Crippen LogP contribution in [-0.4, -0.2) is 12.8 Å². The average Bonchev–Trinajstić information content (AvgIpc) is 1.80. The van der Waals surface area contributed by atoms with E-state index in [1.165, 1.54) is 5.57 Å². The Morgan fingerprint density at radius 3 is 2.67 bits per heavy atom. The van der Waals surface area contributed by atoms with E-state index in [4.69, 9.17) is 4.84 Å². The lowest BCUT2D eigenvalue weighted by Crippen LogP contribution is -1.78. The van der Waals surface area contributed by atoms with Crippen molar-refractivity contribution in [1.29, 1.82) is 0 Å². The molecule has 0 amide bonds. The fourth-order valence-electron chi connectivity index (χ4n) is 0.297. The van der Waals surface area contributed by atoms with Gasteiger partial charge in [-0.3, -0.25) is 0 Å². The molecule has 2 heteroatoms. The summed E-state index contributed by atoms with van der Waals surface area (Å²) in [6.45, 7) is 6.56. The van der Waals surface area contributed by atoms with Gasteiger partial charge in [0, 0.05) is 0 Å². The molecule has 0 spiro atoms. The van der Waals surface area contributed by atoms with Crippen molar-refractivity contribution in [3.8, 4) is 0 Å². The quantitative estimate of drug-likeness (QED) is 0.419. The highest BCUT2D eigenvalue weighted by atomic mass is 16.6. The maximum absolute atomic E-state index is 4.71. The molecule has 0 bridgehead atoms. The molecule has 0 unspecified atom stereocenters. The van der Waals surface area contributed by atoms with Crippen LogP contribution in [0.5, 0.6) is 0 Å². The van der Waals surface area contributed by atoms with Gasteiger partial charge in [0.2, 0.25) is 0 Å². The number of nitrogens with zero attached hydrogens (tertiary/aromatic N) is 1. The number of allylic oxidation sites excluding steroid dienone is 2. The third-order valence-electron chi connectivity index (χ3n) is 0.672. The van der Waals surface area contributed by atoms with E-state index in [0.29, 0.717) is 6.61 Å². The molecule has 0 aliphatic rings. The van der Waals surface area contributed by atoms with Crippen molar-refractivity contribution in [2.45, 2.75) is 20.8 Å². The van der Waals surface area contributed by atoms with E-state index in [-0.39, 0.29) is 0 Å². The smallest absolute Gasteiger partial charge is 0.114 e. The second-order valence-electron chi connectivity index (χ2n) is 1.92. The molecule has 0 N–H and O–H groups in total. The van der Waals surface area contributed by atoms with E-state index in [1.54, 1.807) is 6.21 Å². The third-order valence-corrected chi connectivity index (χ3v) is 0.672. The molecule has 52 valence electrons. The fraction of sp³-hybridized carbons (Fsp3) is 0.571. The predicted molar refractivity (Wildman–Crippen MR) is 39.5 cm³/mol. The maximum atomic E-state index is 4.71. The molecule has 0 heterocycles. The van der Waals surface area contributed by atoms with Crippen LogP contribution in [-0.2, 0) is 4.84 Å². The van der Waals surface area contributed by atoms with Crippen molar-refractivity contribution in [2.75, 3.05) is 6.61 Å². The van der Waals surface area contributed by atoms with Crippen LogP contribution in [0.4, 0.5) is 0 Å². The molecular formula is C7H13NO. The molecule has 0 saturated carbocycles. The van der Waals surface area contributed by atoms with Crippen LogP contribution >= 0.6 is 0 Å². The topological polar surface area (TPSA) is 21.6 Å². The summed E-state index contributed by atoms with van der Waals surface area (Å²) in [6, 6.07) is 0. The summed E-state index contributed by atoms with van der Waals surface area (Å²) in [7, 11) is 0. The summed E-state index contributed by atoms with van der Waals surface area (Å²) in [5.41, 5.74) is 1.22. The first-order chi connectivity index (χ1) is 4.27. The van der Waals surface area contributed by atoms with Gasteiger partial charge in [0.25, 0.3) is 0 Å². The molecule has 0 aliphatic heterocycles. The summed E-state index contributed by atoms with van der Waals surface area (Å²) in [6.07, 6.45) is 3.55. The Morgan fingerprint density at radius 1 is 1.56 bits per heavy atom. The molecule has 0 rings (SSSR count). The Morgan fingerprint density at radius 2 is 2.22 bits per heavy atom. The number of hydrogen-bond donors (Lipinski definition) is 0. The largest absolute Gasteiger partial charge is 0.396 e. The first-order valence-corrected chi connectivity index (χ1v) is 3.06. The molecule has 0 radical (unpaired) electrons. The first kappa shape index (κ1) is 8.21. The van der Waals surface area contributed by atoms with Crippen LogP contribution in [0.3, 0.4) is 0 Å². The van der Waals surface area contributed by atoms with Crippen LogP contribution in [0.25, 0.3) is 0 Å². The second kappa shape index (κ2) is 5.35. The molecule has 0 aromatic carbocycles. The van der Waals surface area contributed by atoms with Crippen LogP contribution in [0.2, 0.25) is 0 Å². The second-order valence-corrected chi connectivity index (χ2v) is 1.92. The van der Waals surface area contributed by atoms with Crippen molar-refractivity contribution in [1.82, 2.24) is 0 Å². The Labute approximate surface area is 56.2 Å². The van der Waals surface area contributed by atoms with E-state index in [2.05, 4.69) is 5.16 Å². The normalized spacial score (nSPS) is 9.67. The Hall–Kier alpha value is -0.790. The Kier molecular flexibility index (Phi) is 4.88. The zero-order valence-electron chi connectivity index (χ0n) is 6.22. The summed E-state index contributed by atoms with van der Waals surface area (Å²) >= 11 is 0. The number of rotatable bonds is 3. The first-order valence-electron chi connectivity index (χ1n) is 3.06. The molecule has 0 aliphatic carbocycles. The minimum absolute atomic E-state index is 0.632. The van der Waals surface area contributed by atoms with E-state index >= 15 is 0 Å². The summed E-state index contributed by atoms with van der Waals surface area (Å²) in [4.78, 5) is 4.71. The fourth-order valence-corrected chi connectivity index (χ4v) is 0.297. The van der Waals surface area contributed by atoms with Crippen molar-refractivity contribution in [3.05, 3.63) is 11.6 Å². The van der Waals surface area contributed by atoms with E-state index in [1.807, 2.05) is 26.8 Å². The van der Waals surface area contributed by atoms with Gasteiger partial charge in [-0.1, -0.05) is 10.7 Å². The maximum Gasteiger partial charge on any atom is 0.114 e. The minimum Gasteiger partial charge on any atom is -0.396 e. The lowest BCUT2D eigenvalue weighted by atomic mass is 10.3. The zero-order valence-corrected chi connectivity index (χ0v) is 6.22. The average molecular weight is 127 g/mol. The molecule has 0 aromatic heterocycles. The molecule has 0 saturated heterocycles. The number of oxime groups is 1. The highest BCUT2D eigenvalue weighted by Crippen LogP contribution is 1.84. The molecule has 0 atom stereocenters. The van der Waals surface area contributed by atoms with Crippen molar-refractivity contribution in [3.63, 3.8) is 0 Å². The van der Waals surface area contributed by atoms with Crippen molar-refractivity contribution >= 4 is 6.21 Å². The van der Waals surface area contributed by atoms with Gasteiger partial charge in [-0.05, 0) is 26.8 Å². The van der Waals surface area contributed by atoms with Gasteiger partial charge in [-0.15, -0.1) is 0 Å². The van der Waals surface area contributed by atoms with E-state index in [9.17, 15) is 0 Å². The van der Waals surface area contributed by atoms with Gasteiger partial charge < -0.3 is 4.84 Å². The third kappa shape index (κ3) is 7.21. The summed E-state index contributed by atoms with van der Waals surface area (Å²) in [5, 5.41) is 3.63. The molecule has 9 heavy (non-hydrogen) atoms. The van der Waals surface area contributed by atoms with Crippen LogP contribution in [0.1, 0.15) is 20.8 Å². The predicted octanol–water partition coefficient (Wildman–Crippen LogP) is 1.97. The summed E-state index contributed by atoms with van der Waals surface area (Å²) in [5.74, 6) is 0. The SMILES string of the molecule is CCON=CC=C(C)C. The monoisotopic (exact) mass is 127 g/mol. The van der Waals surface area contributed by atoms with E-state index < -0.39 is 0 Å². The molecule has 0 aromatic rings. The van der Waals surface area contributed by atoms with Crippen LogP contribution in [0.15, 0.2) is 16.8 Å². The summed E-state index contributed by atoms with van der Waals surface area (Å²) < 4.78 is 0. The standard InChI is InChI=1S/C7H13NO/c1-4-9-8-6-5-7(2)3/h5-6H,4H2,1-3H3. The Balaban J connectivity index is 3.35. The van der Waals surface area contributed by atoms with Gasteiger partial charge in [0.1, 0.15) is 6.61 Å². The highest BCUT2D eigenvalue weighted by Gasteiger charge is 1.70. The van der Waals surface area contributed by atoms with Gasteiger partial charge >= 0.3 is 0 Å².